The predicted molar refractivity (Wildman–Crippen MR) is 60.3 cm³/mol. The normalized spacial score (nSPS) is 30.7. The van der Waals surface area contributed by atoms with E-state index in [9.17, 15) is 19.8 Å². The van der Waals surface area contributed by atoms with E-state index in [1.165, 1.54) is 0 Å². The zero-order valence-corrected chi connectivity index (χ0v) is 9.76. The van der Waals surface area contributed by atoms with Crippen LogP contribution in [0, 0.1) is 0 Å². The van der Waals surface area contributed by atoms with E-state index in [4.69, 9.17) is 14.9 Å². The molecular weight excluding hydrogens is 260 g/mol. The van der Waals surface area contributed by atoms with Crippen LogP contribution in [0.2, 0.25) is 0 Å². The van der Waals surface area contributed by atoms with Crippen LogP contribution in [-0.2, 0) is 11.3 Å². The third kappa shape index (κ3) is 2.33. The van der Waals surface area contributed by atoms with E-state index >= 15 is 0 Å². The first-order valence-electron chi connectivity index (χ1n) is 5.57. The lowest BCUT2D eigenvalue weighted by Crippen LogP contribution is -2.39. The molecule has 106 valence electrons. The standard InChI is InChI=1S/C10H14N2O7/c13-2-4-1-6(15)11-10(18)12(4)9-8(17)7(16)5(3-14)19-9/h1,5,7-9,13-14,16-17H,2-3H2,(H,11,15,18)/t5-,7-,8-,9?/m1/s1. The molecule has 1 unspecified atom stereocenters. The third-order valence-electron chi connectivity index (χ3n) is 2.99. The van der Waals surface area contributed by atoms with Crippen LogP contribution >= 0.6 is 0 Å². The number of nitrogens with one attached hydrogen (secondary N) is 1. The SMILES string of the molecule is O=c1cc(CO)n(C2O[C@H](CO)[C@@H](O)[C@H]2O)c(=O)[nH]1. The van der Waals surface area contributed by atoms with E-state index in [1.807, 2.05) is 4.98 Å². The maximum atomic E-state index is 11.7. The number of hydrogen-bond acceptors (Lipinski definition) is 7. The topological polar surface area (TPSA) is 145 Å². The minimum absolute atomic E-state index is 0.0661. The van der Waals surface area contributed by atoms with E-state index in [0.29, 0.717) is 0 Å². The van der Waals surface area contributed by atoms with Gasteiger partial charge in [-0.05, 0) is 0 Å². The minimum atomic E-state index is -1.47. The number of aliphatic hydroxyl groups is 4. The van der Waals surface area contributed by atoms with Crippen molar-refractivity contribution < 1.29 is 25.2 Å². The molecule has 0 saturated carbocycles. The number of nitrogens with zero attached hydrogens (tertiary/aromatic N) is 1. The maximum absolute atomic E-state index is 11.7. The van der Waals surface area contributed by atoms with Gasteiger partial charge in [-0.25, -0.2) is 4.79 Å². The van der Waals surface area contributed by atoms with Gasteiger partial charge in [0.05, 0.1) is 18.9 Å². The molecule has 19 heavy (non-hydrogen) atoms. The van der Waals surface area contributed by atoms with Crippen LogP contribution in [0.1, 0.15) is 11.9 Å². The largest absolute Gasteiger partial charge is 0.394 e. The highest BCUT2D eigenvalue weighted by Crippen LogP contribution is 2.28. The van der Waals surface area contributed by atoms with Gasteiger partial charge >= 0.3 is 5.69 Å². The molecule has 0 bridgehead atoms. The molecule has 9 heteroatoms. The molecule has 1 fully saturated rings. The van der Waals surface area contributed by atoms with Crippen LogP contribution in [0.15, 0.2) is 15.7 Å². The van der Waals surface area contributed by atoms with Crippen molar-refractivity contribution in [2.45, 2.75) is 31.1 Å². The summed E-state index contributed by atoms with van der Waals surface area (Å²) >= 11 is 0. The summed E-state index contributed by atoms with van der Waals surface area (Å²) in [4.78, 5) is 24.8. The van der Waals surface area contributed by atoms with Crippen molar-refractivity contribution >= 4 is 0 Å². The van der Waals surface area contributed by atoms with Crippen molar-refractivity contribution in [3.63, 3.8) is 0 Å². The number of aliphatic hydroxyl groups excluding tert-OH is 4. The van der Waals surface area contributed by atoms with Crippen molar-refractivity contribution in [1.82, 2.24) is 9.55 Å². The third-order valence-corrected chi connectivity index (χ3v) is 2.99. The zero-order valence-electron chi connectivity index (χ0n) is 9.76. The molecule has 2 rings (SSSR count). The second kappa shape index (κ2) is 5.23. The Morgan fingerprint density at radius 1 is 1.26 bits per heavy atom. The van der Waals surface area contributed by atoms with Gasteiger partial charge in [0.1, 0.15) is 18.3 Å². The lowest BCUT2D eigenvalue weighted by molar-refractivity contribution is -0.0574. The van der Waals surface area contributed by atoms with Crippen LogP contribution in [0.25, 0.3) is 0 Å². The molecule has 1 saturated heterocycles. The average Bonchev–Trinajstić information content (AvgIpc) is 2.65. The van der Waals surface area contributed by atoms with Gasteiger partial charge in [0.25, 0.3) is 5.56 Å². The average molecular weight is 274 g/mol. The van der Waals surface area contributed by atoms with Crippen molar-refractivity contribution in [1.29, 1.82) is 0 Å². The molecule has 0 spiro atoms. The Labute approximate surface area is 106 Å². The van der Waals surface area contributed by atoms with Crippen LogP contribution in [0.3, 0.4) is 0 Å². The van der Waals surface area contributed by atoms with Crippen molar-refractivity contribution in [2.24, 2.45) is 0 Å². The Balaban J connectivity index is 2.48. The van der Waals surface area contributed by atoms with Gasteiger partial charge in [-0.2, -0.15) is 0 Å². The van der Waals surface area contributed by atoms with E-state index in [1.54, 1.807) is 0 Å². The molecule has 5 N–H and O–H groups in total. The summed E-state index contributed by atoms with van der Waals surface area (Å²) in [7, 11) is 0. The molecule has 0 amide bonds. The maximum Gasteiger partial charge on any atom is 0.330 e. The molecule has 1 aromatic heterocycles. The summed E-state index contributed by atoms with van der Waals surface area (Å²) in [6.45, 7) is -1.16. The summed E-state index contributed by atoms with van der Waals surface area (Å²) in [6.07, 6.45) is -5.18. The van der Waals surface area contributed by atoms with Gasteiger partial charge < -0.3 is 25.2 Å². The van der Waals surface area contributed by atoms with E-state index in [2.05, 4.69) is 0 Å². The van der Waals surface area contributed by atoms with E-state index in [-0.39, 0.29) is 5.69 Å². The smallest absolute Gasteiger partial charge is 0.330 e. The summed E-state index contributed by atoms with van der Waals surface area (Å²) in [5.74, 6) is 0. The Morgan fingerprint density at radius 2 is 1.95 bits per heavy atom. The second-order valence-corrected chi connectivity index (χ2v) is 4.19. The van der Waals surface area contributed by atoms with Gasteiger partial charge in [0, 0.05) is 6.07 Å². The molecule has 1 aromatic rings. The Morgan fingerprint density at radius 3 is 2.47 bits per heavy atom. The van der Waals surface area contributed by atoms with Crippen LogP contribution in [-0.4, -0.2) is 54.9 Å². The van der Waals surface area contributed by atoms with Crippen molar-refractivity contribution in [3.05, 3.63) is 32.6 Å². The molecule has 9 nitrogen and oxygen atoms in total. The summed E-state index contributed by atoms with van der Waals surface area (Å²) in [6, 6.07) is 0.982. The van der Waals surface area contributed by atoms with Gasteiger partial charge in [-0.1, -0.05) is 0 Å². The molecule has 1 aliphatic heterocycles. The van der Waals surface area contributed by atoms with E-state index in [0.717, 1.165) is 10.6 Å². The number of aromatic nitrogens is 2. The first-order valence-corrected chi connectivity index (χ1v) is 5.57. The zero-order chi connectivity index (χ0) is 14.2. The van der Waals surface area contributed by atoms with Crippen molar-refractivity contribution in [3.8, 4) is 0 Å². The van der Waals surface area contributed by atoms with Crippen LogP contribution in [0.4, 0.5) is 0 Å². The summed E-state index contributed by atoms with van der Waals surface area (Å²) in [5, 5.41) is 37.5. The number of ether oxygens (including phenoxy) is 1. The summed E-state index contributed by atoms with van der Waals surface area (Å²) < 4.78 is 6.00. The highest BCUT2D eigenvalue weighted by atomic mass is 16.6. The van der Waals surface area contributed by atoms with Crippen molar-refractivity contribution in [2.75, 3.05) is 6.61 Å². The van der Waals surface area contributed by atoms with Gasteiger partial charge in [-0.3, -0.25) is 14.3 Å². The Hall–Kier alpha value is -1.52. The number of H-pyrrole nitrogens is 1. The van der Waals surface area contributed by atoms with Crippen LogP contribution in [0.5, 0.6) is 0 Å². The molecule has 0 aliphatic carbocycles. The molecule has 2 heterocycles. The lowest BCUT2D eigenvalue weighted by atomic mass is 10.1. The number of aromatic amines is 1. The van der Waals surface area contributed by atoms with Gasteiger partial charge in [0.15, 0.2) is 6.23 Å². The van der Waals surface area contributed by atoms with E-state index < -0.39 is 49.0 Å². The molecule has 4 atom stereocenters. The molecule has 1 aliphatic rings. The fourth-order valence-electron chi connectivity index (χ4n) is 2.05. The lowest BCUT2D eigenvalue weighted by Gasteiger charge is -2.19. The summed E-state index contributed by atoms with van der Waals surface area (Å²) in [5.41, 5.74) is -1.65. The Bertz CT molecular complexity index is 566. The highest BCUT2D eigenvalue weighted by molar-refractivity contribution is 5.03. The quantitative estimate of drug-likeness (QED) is 0.387. The molecule has 0 radical (unpaired) electrons. The highest BCUT2D eigenvalue weighted by Gasteiger charge is 2.44. The van der Waals surface area contributed by atoms with Gasteiger partial charge in [0.2, 0.25) is 0 Å². The second-order valence-electron chi connectivity index (χ2n) is 4.19. The predicted octanol–water partition coefficient (Wildman–Crippen LogP) is -3.36. The van der Waals surface area contributed by atoms with Crippen LogP contribution < -0.4 is 11.2 Å². The minimum Gasteiger partial charge on any atom is -0.394 e. The van der Waals surface area contributed by atoms with Gasteiger partial charge in [-0.15, -0.1) is 0 Å². The first kappa shape index (κ1) is 13.9. The molecular formula is C10H14N2O7. The first-order chi connectivity index (χ1) is 8.99. The fraction of sp³-hybridized carbons (Fsp3) is 0.600. The molecule has 0 aromatic carbocycles. The number of rotatable bonds is 3. The monoisotopic (exact) mass is 274 g/mol. The Kier molecular flexibility index (Phi) is 3.83. The fourth-order valence-corrected chi connectivity index (χ4v) is 2.05. The number of hydrogen-bond donors (Lipinski definition) is 5.